The van der Waals surface area contributed by atoms with Gasteiger partial charge in [-0.1, -0.05) is 0 Å². The average Bonchev–Trinajstić information content (AvgIpc) is 2.35. The zero-order valence-corrected chi connectivity index (χ0v) is 12.2. The number of nitrogens with zero attached hydrogens (tertiary/aromatic N) is 4. The van der Waals surface area contributed by atoms with Gasteiger partial charge >= 0.3 is 0 Å². The lowest BCUT2D eigenvalue weighted by Gasteiger charge is -2.32. The largest absolute Gasteiger partial charge is 0.628 e. The van der Waals surface area contributed by atoms with Crippen molar-refractivity contribution in [2.75, 3.05) is 14.1 Å². The number of azo groups is 1. The van der Waals surface area contributed by atoms with Crippen LogP contribution in [0.5, 0.6) is 0 Å². The molecule has 0 unspecified atom stereocenters. The fourth-order valence-corrected chi connectivity index (χ4v) is 1.86. The van der Waals surface area contributed by atoms with Gasteiger partial charge in [-0.25, -0.2) is 0 Å². The normalized spacial score (nSPS) is 12.1. The van der Waals surface area contributed by atoms with E-state index in [0.717, 1.165) is 17.1 Å². The third-order valence-electron chi connectivity index (χ3n) is 2.82. The first-order valence-electron chi connectivity index (χ1n) is 6.37. The highest BCUT2D eigenvalue weighted by Gasteiger charge is 2.06. The summed E-state index contributed by atoms with van der Waals surface area (Å²) in [6, 6.07) is 10.9. The van der Waals surface area contributed by atoms with Crippen molar-refractivity contribution < 1.29 is 0 Å². The van der Waals surface area contributed by atoms with Crippen LogP contribution >= 0.6 is 0 Å². The lowest BCUT2D eigenvalue weighted by molar-refractivity contribution is 0.543. The highest BCUT2D eigenvalue weighted by Crippen LogP contribution is 2.24. The monoisotopic (exact) mass is 270 g/mol. The first-order chi connectivity index (χ1) is 9.34. The minimum Gasteiger partial charge on any atom is -0.628 e. The number of aryl methyl sites for hydroxylation is 2. The van der Waals surface area contributed by atoms with E-state index < -0.39 is 4.65 Å². The second kappa shape index (κ2) is 5.48. The molecule has 0 bridgehead atoms. The molecule has 0 aliphatic heterocycles. The molecule has 1 heterocycles. The van der Waals surface area contributed by atoms with E-state index in [9.17, 15) is 5.21 Å². The number of hydrogen-bond donors (Lipinski definition) is 0. The van der Waals surface area contributed by atoms with Crippen molar-refractivity contribution in [1.82, 2.24) is 9.63 Å². The Labute approximate surface area is 118 Å². The van der Waals surface area contributed by atoms with Crippen molar-refractivity contribution >= 4 is 17.1 Å². The van der Waals surface area contributed by atoms with E-state index in [1.165, 1.54) is 0 Å². The van der Waals surface area contributed by atoms with E-state index >= 15 is 0 Å². The van der Waals surface area contributed by atoms with Crippen LogP contribution in [-0.2, 0) is 0 Å². The molecule has 1 aromatic carbocycles. The topological polar surface area (TPSA) is 60.7 Å². The number of aromatic nitrogens is 1. The Hall–Kier alpha value is -2.11. The molecule has 0 spiro atoms. The molecule has 20 heavy (non-hydrogen) atoms. The molecule has 0 N–H and O–H groups in total. The van der Waals surface area contributed by atoms with Crippen LogP contribution in [0.15, 0.2) is 46.6 Å². The Bertz CT molecular complexity index is 607. The number of benzene rings is 1. The Morgan fingerprint density at radius 1 is 0.900 bits per heavy atom. The maximum Gasteiger partial charge on any atom is 0.132 e. The summed E-state index contributed by atoms with van der Waals surface area (Å²) in [5.41, 5.74) is 4.01. The van der Waals surface area contributed by atoms with E-state index in [-0.39, 0.29) is 0 Å². The van der Waals surface area contributed by atoms with Gasteiger partial charge < -0.3 is 9.85 Å². The number of rotatable bonds is 3. The van der Waals surface area contributed by atoms with E-state index in [1.54, 1.807) is 38.4 Å². The van der Waals surface area contributed by atoms with Gasteiger partial charge in [0.1, 0.15) is 5.69 Å². The van der Waals surface area contributed by atoms with Crippen LogP contribution in [0.3, 0.4) is 0 Å². The molecule has 2 aromatic rings. The SMILES string of the molecule is Cc1cc(N=Nc2ccc([N+](C)(C)[O-])cc2)cc(C)n1. The van der Waals surface area contributed by atoms with Crippen molar-refractivity contribution in [1.29, 1.82) is 0 Å². The molecule has 0 saturated carbocycles. The highest BCUT2D eigenvalue weighted by atomic mass is 16.5. The predicted molar refractivity (Wildman–Crippen MR) is 81.3 cm³/mol. The molecular formula is C15H18N4O. The van der Waals surface area contributed by atoms with Crippen LogP contribution < -0.4 is 4.65 Å². The number of pyridine rings is 1. The maximum absolute atomic E-state index is 11.7. The maximum atomic E-state index is 11.7. The Kier molecular flexibility index (Phi) is 3.92. The molecule has 0 atom stereocenters. The zero-order valence-electron chi connectivity index (χ0n) is 12.2. The molecule has 5 nitrogen and oxygen atoms in total. The standard InChI is InChI=1S/C15H18N4O/c1-11-9-14(10-12(2)16-11)18-17-13-5-7-15(8-6-13)19(3,4)20/h5-10H,1-4H3. The van der Waals surface area contributed by atoms with Gasteiger partial charge in [0.05, 0.1) is 25.5 Å². The molecular weight excluding hydrogens is 252 g/mol. The van der Waals surface area contributed by atoms with E-state index in [1.807, 2.05) is 26.0 Å². The summed E-state index contributed by atoms with van der Waals surface area (Å²) >= 11 is 0. The fourth-order valence-electron chi connectivity index (χ4n) is 1.86. The predicted octanol–water partition coefficient (Wildman–Crippen LogP) is 4.18. The zero-order chi connectivity index (χ0) is 14.8. The molecule has 0 saturated heterocycles. The lowest BCUT2D eigenvalue weighted by Crippen LogP contribution is -2.32. The Balaban J connectivity index is 2.19. The molecule has 5 heteroatoms. The van der Waals surface area contributed by atoms with Crippen molar-refractivity contribution in [3.63, 3.8) is 0 Å². The van der Waals surface area contributed by atoms with Crippen LogP contribution in [0.25, 0.3) is 0 Å². The first kappa shape index (κ1) is 14.3. The lowest BCUT2D eigenvalue weighted by atomic mass is 10.2. The molecule has 2 rings (SSSR count). The smallest absolute Gasteiger partial charge is 0.132 e. The van der Waals surface area contributed by atoms with Gasteiger partial charge in [-0.15, -0.1) is 0 Å². The second-order valence-corrected chi connectivity index (χ2v) is 5.18. The summed E-state index contributed by atoms with van der Waals surface area (Å²) in [4.78, 5) is 4.29. The summed E-state index contributed by atoms with van der Waals surface area (Å²) in [6.45, 7) is 3.85. The van der Waals surface area contributed by atoms with Gasteiger partial charge in [0.2, 0.25) is 0 Å². The molecule has 104 valence electrons. The Morgan fingerprint density at radius 2 is 1.40 bits per heavy atom. The van der Waals surface area contributed by atoms with Crippen molar-refractivity contribution in [3.05, 3.63) is 53.0 Å². The van der Waals surface area contributed by atoms with Gasteiger partial charge in [0, 0.05) is 23.5 Å². The minimum absolute atomic E-state index is 0.458. The van der Waals surface area contributed by atoms with Crippen molar-refractivity contribution in [3.8, 4) is 0 Å². The summed E-state index contributed by atoms with van der Waals surface area (Å²) in [6.07, 6.45) is 0. The summed E-state index contributed by atoms with van der Waals surface area (Å²) in [5, 5.41) is 20.1. The van der Waals surface area contributed by atoms with Gasteiger partial charge in [-0.3, -0.25) is 4.98 Å². The first-order valence-corrected chi connectivity index (χ1v) is 6.37. The third kappa shape index (κ3) is 3.69. The van der Waals surface area contributed by atoms with Crippen molar-refractivity contribution in [2.45, 2.75) is 13.8 Å². The van der Waals surface area contributed by atoms with Crippen LogP contribution in [0.1, 0.15) is 11.4 Å². The molecule has 0 fully saturated rings. The van der Waals surface area contributed by atoms with Crippen molar-refractivity contribution in [2.24, 2.45) is 10.2 Å². The van der Waals surface area contributed by atoms with Crippen LogP contribution in [0, 0.1) is 19.1 Å². The van der Waals surface area contributed by atoms with Gasteiger partial charge in [-0.2, -0.15) is 10.2 Å². The summed E-state index contributed by atoms with van der Waals surface area (Å²) in [7, 11) is 3.16. The van der Waals surface area contributed by atoms with Crippen LogP contribution in [0.4, 0.5) is 17.1 Å². The molecule has 0 aliphatic carbocycles. The fraction of sp³-hybridized carbons (Fsp3) is 0.267. The van der Waals surface area contributed by atoms with Gasteiger partial charge in [0.25, 0.3) is 0 Å². The minimum atomic E-state index is -0.458. The summed E-state index contributed by atoms with van der Waals surface area (Å²) in [5.74, 6) is 0. The second-order valence-electron chi connectivity index (χ2n) is 5.18. The van der Waals surface area contributed by atoms with E-state index in [2.05, 4.69) is 15.2 Å². The van der Waals surface area contributed by atoms with E-state index in [4.69, 9.17) is 0 Å². The van der Waals surface area contributed by atoms with Gasteiger partial charge in [-0.05, 0) is 38.1 Å². The third-order valence-corrected chi connectivity index (χ3v) is 2.82. The number of hydroxylamine groups is 2. The van der Waals surface area contributed by atoms with Crippen LogP contribution in [0.2, 0.25) is 0 Å². The highest BCUT2D eigenvalue weighted by molar-refractivity contribution is 5.50. The van der Waals surface area contributed by atoms with Crippen LogP contribution in [-0.4, -0.2) is 19.1 Å². The number of hydrogen-bond acceptors (Lipinski definition) is 4. The van der Waals surface area contributed by atoms with E-state index in [0.29, 0.717) is 11.4 Å². The quantitative estimate of drug-likeness (QED) is 0.477. The molecule has 1 aromatic heterocycles. The molecule has 0 aliphatic rings. The van der Waals surface area contributed by atoms with Gasteiger partial charge in [0.15, 0.2) is 0 Å². The molecule has 0 amide bonds. The number of quaternary nitrogens is 1. The average molecular weight is 270 g/mol. The molecule has 0 radical (unpaired) electrons. The summed E-state index contributed by atoms with van der Waals surface area (Å²) < 4.78 is -0.458. The Morgan fingerprint density at radius 3 is 1.90 bits per heavy atom.